The van der Waals surface area contributed by atoms with Crippen LogP contribution < -0.4 is 5.43 Å². The molecule has 1 heterocycles. The molecule has 0 fully saturated rings. The zero-order valence-corrected chi connectivity index (χ0v) is 12.6. The van der Waals surface area contributed by atoms with Crippen molar-refractivity contribution in [1.29, 1.82) is 0 Å². The highest BCUT2D eigenvalue weighted by atomic mass is 15.3. The van der Waals surface area contributed by atoms with Gasteiger partial charge in [0.05, 0.1) is 11.9 Å². The summed E-state index contributed by atoms with van der Waals surface area (Å²) in [6, 6.07) is 14.6. The molecule has 0 atom stereocenters. The Balaban J connectivity index is 1.86. The molecule has 3 aromatic rings. The summed E-state index contributed by atoms with van der Waals surface area (Å²) in [5.74, 6) is 0. The van der Waals surface area contributed by atoms with Crippen molar-refractivity contribution in [2.24, 2.45) is 5.10 Å². The summed E-state index contributed by atoms with van der Waals surface area (Å²) in [4.78, 5) is 3.37. The van der Waals surface area contributed by atoms with Gasteiger partial charge in [-0.25, -0.2) is 0 Å². The van der Waals surface area contributed by atoms with Crippen LogP contribution in [0.5, 0.6) is 0 Å². The number of nitrogens with zero attached hydrogens (tertiary/aromatic N) is 1. The molecule has 0 saturated carbocycles. The van der Waals surface area contributed by atoms with Crippen LogP contribution in [-0.4, -0.2) is 11.2 Å². The summed E-state index contributed by atoms with van der Waals surface area (Å²) in [5, 5.41) is 5.58. The zero-order chi connectivity index (χ0) is 14.8. The number of nitrogens with one attached hydrogen (secondary N) is 2. The normalized spacial score (nSPS) is 11.4. The molecule has 0 amide bonds. The molecule has 2 aromatic carbocycles. The van der Waals surface area contributed by atoms with E-state index in [1.807, 2.05) is 18.3 Å². The monoisotopic (exact) mass is 277 g/mol. The van der Waals surface area contributed by atoms with E-state index >= 15 is 0 Å². The maximum absolute atomic E-state index is 4.38. The van der Waals surface area contributed by atoms with Gasteiger partial charge in [-0.1, -0.05) is 24.3 Å². The van der Waals surface area contributed by atoms with Gasteiger partial charge in [0.2, 0.25) is 0 Å². The Morgan fingerprint density at radius 3 is 2.48 bits per heavy atom. The fourth-order valence-electron chi connectivity index (χ4n) is 2.68. The maximum atomic E-state index is 4.38. The third-order valence-corrected chi connectivity index (χ3v) is 3.55. The number of aryl methyl sites for hydroxylation is 3. The van der Waals surface area contributed by atoms with Crippen LogP contribution in [0.1, 0.15) is 22.4 Å². The lowest BCUT2D eigenvalue weighted by Gasteiger charge is -2.03. The standard InChI is InChI=1S/C18H19N3/c1-12-8-13(2)10-15(9-12)21-19-11-17-14(3)20-18-7-5-4-6-16(17)18/h4-11,20-21H,1-3H3/b19-11+. The summed E-state index contributed by atoms with van der Waals surface area (Å²) >= 11 is 0. The Hall–Kier alpha value is -2.55. The summed E-state index contributed by atoms with van der Waals surface area (Å²) < 4.78 is 0. The summed E-state index contributed by atoms with van der Waals surface area (Å²) in [6.45, 7) is 6.25. The minimum absolute atomic E-state index is 1.02. The lowest BCUT2D eigenvalue weighted by molar-refractivity contribution is 1.28. The quantitative estimate of drug-likeness (QED) is 0.535. The first kappa shape index (κ1) is 13.4. The highest BCUT2D eigenvalue weighted by molar-refractivity contribution is 6.00. The van der Waals surface area contributed by atoms with E-state index in [9.17, 15) is 0 Å². The van der Waals surface area contributed by atoms with Crippen LogP contribution >= 0.6 is 0 Å². The van der Waals surface area contributed by atoms with Crippen LogP contribution in [-0.2, 0) is 0 Å². The summed E-state index contributed by atoms with van der Waals surface area (Å²) in [7, 11) is 0. The Morgan fingerprint density at radius 2 is 1.71 bits per heavy atom. The van der Waals surface area contributed by atoms with Gasteiger partial charge in [-0.2, -0.15) is 5.10 Å². The van der Waals surface area contributed by atoms with Crippen molar-refractivity contribution >= 4 is 22.8 Å². The molecular weight excluding hydrogens is 258 g/mol. The third-order valence-electron chi connectivity index (χ3n) is 3.55. The maximum Gasteiger partial charge on any atom is 0.0568 e. The predicted octanol–water partition coefficient (Wildman–Crippen LogP) is 4.54. The molecule has 0 unspecified atom stereocenters. The molecule has 0 bridgehead atoms. The van der Waals surface area contributed by atoms with E-state index in [0.717, 1.165) is 22.5 Å². The van der Waals surface area contributed by atoms with Crippen molar-refractivity contribution < 1.29 is 0 Å². The summed E-state index contributed by atoms with van der Waals surface area (Å²) in [6.07, 6.45) is 1.88. The molecular formula is C18H19N3. The second-order valence-electron chi connectivity index (χ2n) is 5.46. The van der Waals surface area contributed by atoms with Gasteiger partial charge in [-0.05, 0) is 50.1 Å². The number of fused-ring (bicyclic) bond motifs is 1. The van der Waals surface area contributed by atoms with Gasteiger partial charge in [0.1, 0.15) is 0 Å². The van der Waals surface area contributed by atoms with Gasteiger partial charge in [-0.3, -0.25) is 5.43 Å². The molecule has 3 nitrogen and oxygen atoms in total. The summed E-state index contributed by atoms with van der Waals surface area (Å²) in [5.41, 5.74) is 9.99. The molecule has 1 aromatic heterocycles. The molecule has 0 aliphatic carbocycles. The average molecular weight is 277 g/mol. The average Bonchev–Trinajstić information content (AvgIpc) is 2.74. The number of rotatable bonds is 3. The Morgan fingerprint density at radius 1 is 1.00 bits per heavy atom. The molecule has 0 aliphatic heterocycles. The van der Waals surface area contributed by atoms with Gasteiger partial charge >= 0.3 is 0 Å². The van der Waals surface area contributed by atoms with Gasteiger partial charge in [0, 0.05) is 22.2 Å². The second kappa shape index (κ2) is 5.44. The minimum atomic E-state index is 1.02. The van der Waals surface area contributed by atoms with Gasteiger partial charge in [0.25, 0.3) is 0 Å². The van der Waals surface area contributed by atoms with Crippen molar-refractivity contribution in [3.63, 3.8) is 0 Å². The Labute approximate surface area is 124 Å². The number of H-pyrrole nitrogens is 1. The zero-order valence-electron chi connectivity index (χ0n) is 12.6. The number of aromatic nitrogens is 1. The molecule has 21 heavy (non-hydrogen) atoms. The fourth-order valence-corrected chi connectivity index (χ4v) is 2.68. The second-order valence-corrected chi connectivity index (χ2v) is 5.46. The highest BCUT2D eigenvalue weighted by Gasteiger charge is 2.04. The van der Waals surface area contributed by atoms with Crippen molar-refractivity contribution in [1.82, 2.24) is 4.98 Å². The van der Waals surface area contributed by atoms with Crippen LogP contribution in [0.15, 0.2) is 47.6 Å². The van der Waals surface area contributed by atoms with Crippen LogP contribution in [0.4, 0.5) is 5.69 Å². The number of anilines is 1. The van der Waals surface area contributed by atoms with Crippen LogP contribution in [0.25, 0.3) is 10.9 Å². The van der Waals surface area contributed by atoms with Crippen LogP contribution in [0, 0.1) is 20.8 Å². The Kier molecular flexibility index (Phi) is 3.48. The van der Waals surface area contributed by atoms with Crippen molar-refractivity contribution in [3.05, 3.63) is 64.8 Å². The minimum Gasteiger partial charge on any atom is -0.358 e. The Bertz CT molecular complexity index is 792. The number of aromatic amines is 1. The van der Waals surface area contributed by atoms with Crippen LogP contribution in [0.2, 0.25) is 0 Å². The van der Waals surface area contributed by atoms with Crippen molar-refractivity contribution in [3.8, 4) is 0 Å². The van der Waals surface area contributed by atoms with Gasteiger partial charge in [-0.15, -0.1) is 0 Å². The fraction of sp³-hybridized carbons (Fsp3) is 0.167. The topological polar surface area (TPSA) is 40.2 Å². The first-order valence-electron chi connectivity index (χ1n) is 7.08. The molecule has 0 radical (unpaired) electrons. The number of benzene rings is 2. The van der Waals surface area contributed by atoms with E-state index in [-0.39, 0.29) is 0 Å². The largest absolute Gasteiger partial charge is 0.358 e. The molecule has 2 N–H and O–H groups in total. The molecule has 0 saturated heterocycles. The van der Waals surface area contributed by atoms with E-state index in [4.69, 9.17) is 0 Å². The van der Waals surface area contributed by atoms with E-state index in [1.54, 1.807) is 0 Å². The highest BCUT2D eigenvalue weighted by Crippen LogP contribution is 2.20. The first-order valence-corrected chi connectivity index (χ1v) is 7.08. The van der Waals surface area contributed by atoms with E-state index < -0.39 is 0 Å². The van der Waals surface area contributed by atoms with E-state index in [2.05, 4.69) is 66.6 Å². The van der Waals surface area contributed by atoms with Crippen LogP contribution in [0.3, 0.4) is 0 Å². The van der Waals surface area contributed by atoms with Crippen molar-refractivity contribution in [2.75, 3.05) is 5.43 Å². The van der Waals surface area contributed by atoms with E-state index in [0.29, 0.717) is 0 Å². The predicted molar refractivity (Wildman–Crippen MR) is 90.2 cm³/mol. The lowest BCUT2D eigenvalue weighted by atomic mass is 10.1. The third kappa shape index (κ3) is 2.82. The molecule has 106 valence electrons. The smallest absolute Gasteiger partial charge is 0.0568 e. The molecule has 3 heteroatoms. The van der Waals surface area contributed by atoms with Gasteiger partial charge < -0.3 is 4.98 Å². The lowest BCUT2D eigenvalue weighted by Crippen LogP contribution is -1.92. The van der Waals surface area contributed by atoms with E-state index in [1.165, 1.54) is 16.5 Å². The first-order chi connectivity index (χ1) is 10.1. The molecule has 0 spiro atoms. The number of para-hydroxylation sites is 1. The van der Waals surface area contributed by atoms with Gasteiger partial charge in [0.15, 0.2) is 0 Å². The number of hydrogen-bond acceptors (Lipinski definition) is 2. The molecule has 3 rings (SSSR count). The number of hydrogen-bond donors (Lipinski definition) is 2. The number of hydrazone groups is 1. The molecule has 0 aliphatic rings. The SMILES string of the molecule is Cc1cc(C)cc(N/N=C/c2c(C)[nH]c3ccccc23)c1. The van der Waals surface area contributed by atoms with Crippen molar-refractivity contribution in [2.45, 2.75) is 20.8 Å².